The molecule has 0 aromatic carbocycles. The molecule has 2 unspecified atom stereocenters. The number of hydrogen-bond acceptors (Lipinski definition) is 4. The fourth-order valence-electron chi connectivity index (χ4n) is 3.17. The Morgan fingerprint density at radius 2 is 1.96 bits per heavy atom. The Balaban J connectivity index is 0.00000100. The summed E-state index contributed by atoms with van der Waals surface area (Å²) in [5.74, 6) is 6.67. The van der Waals surface area contributed by atoms with Gasteiger partial charge in [0.1, 0.15) is 0 Å². The van der Waals surface area contributed by atoms with Crippen LogP contribution < -0.4 is 0 Å². The fourth-order valence-corrected chi connectivity index (χ4v) is 4.11. The number of hydrogen-bond donors (Lipinski definition) is 0. The number of thioether (sulfide) groups is 1. The van der Waals surface area contributed by atoms with Crippen LogP contribution in [0, 0.1) is 11.8 Å². The van der Waals surface area contributed by atoms with Gasteiger partial charge in [-0.3, -0.25) is 14.5 Å². The Morgan fingerprint density at radius 3 is 2.50 bits per heavy atom. The Kier molecular flexibility index (Phi) is 6.76. The van der Waals surface area contributed by atoms with Crippen molar-refractivity contribution in [3.63, 3.8) is 0 Å². The first-order valence-corrected chi connectivity index (χ1v) is 9.63. The minimum absolute atomic E-state index is 0.0929. The highest BCUT2D eigenvalue weighted by Gasteiger charge is 2.48. The molecule has 4 aliphatic rings. The van der Waals surface area contributed by atoms with Crippen molar-refractivity contribution in [2.75, 3.05) is 39.5 Å². The lowest BCUT2D eigenvalue weighted by molar-refractivity contribution is -0.154. The van der Waals surface area contributed by atoms with E-state index in [1.807, 2.05) is 48.7 Å². The van der Waals surface area contributed by atoms with Crippen molar-refractivity contribution < 1.29 is 9.59 Å². The molecule has 0 N–H and O–H groups in total. The molecule has 0 aromatic heterocycles. The molecule has 2 amide bonds. The maximum atomic E-state index is 12.4. The van der Waals surface area contributed by atoms with Crippen LogP contribution in [0.4, 0.5) is 0 Å². The van der Waals surface area contributed by atoms with Crippen molar-refractivity contribution in [3.05, 3.63) is 11.0 Å². The number of piperazine rings is 1. The Hall–Kier alpha value is -1.45. The average Bonchev–Trinajstić information content (AvgIpc) is 3.10. The maximum absolute atomic E-state index is 12.4. The SMILES string of the molecule is CC.CN(C)CC#CC(=O)N1C2CC1CN(C(=O)C1=CCCS1)C2. The second-order valence-corrected chi connectivity index (χ2v) is 7.35. The number of amides is 2. The van der Waals surface area contributed by atoms with Crippen LogP contribution in [0.3, 0.4) is 0 Å². The minimum atomic E-state index is -0.0929. The summed E-state index contributed by atoms with van der Waals surface area (Å²) in [5, 5.41) is 0. The van der Waals surface area contributed by atoms with Gasteiger partial charge in [0.15, 0.2) is 0 Å². The van der Waals surface area contributed by atoms with E-state index in [0.717, 1.165) is 23.5 Å². The molecule has 0 aliphatic carbocycles. The van der Waals surface area contributed by atoms with E-state index in [1.54, 1.807) is 11.8 Å². The van der Waals surface area contributed by atoms with Crippen molar-refractivity contribution >= 4 is 23.6 Å². The van der Waals surface area contributed by atoms with Crippen molar-refractivity contribution in [2.45, 2.75) is 38.8 Å². The molecule has 5 nitrogen and oxygen atoms in total. The Labute approximate surface area is 149 Å². The molecule has 0 spiro atoms. The lowest BCUT2D eigenvalue weighted by atomic mass is 9.87. The number of nitrogens with zero attached hydrogens (tertiary/aromatic N) is 3. The number of carbonyl (C=O) groups is 2. The molecule has 3 fully saturated rings. The maximum Gasteiger partial charge on any atom is 0.299 e. The van der Waals surface area contributed by atoms with Crippen LogP contribution in [-0.2, 0) is 9.59 Å². The highest BCUT2D eigenvalue weighted by atomic mass is 32.2. The lowest BCUT2D eigenvalue weighted by Gasteiger charge is -2.55. The molecule has 4 rings (SSSR count). The van der Waals surface area contributed by atoms with Gasteiger partial charge in [-0.25, -0.2) is 0 Å². The van der Waals surface area contributed by atoms with Gasteiger partial charge in [0, 0.05) is 18.8 Å². The minimum Gasteiger partial charge on any atom is -0.334 e. The standard InChI is InChI=1S/C16H21N3O2S.C2H6/c1-17(2)7-3-6-15(20)19-12-9-13(19)11-18(10-12)16(21)14-5-4-8-22-14;1-2/h5,12-13H,4,7-11H2,1-2H3;1-2H3. The van der Waals surface area contributed by atoms with Crippen LogP contribution in [0.2, 0.25) is 0 Å². The third kappa shape index (κ3) is 4.14. The molecular formula is C18H27N3O2S. The second-order valence-electron chi connectivity index (χ2n) is 6.21. The summed E-state index contributed by atoms with van der Waals surface area (Å²) in [5.41, 5.74) is 0. The van der Waals surface area contributed by atoms with Gasteiger partial charge in [-0.15, -0.1) is 11.8 Å². The molecule has 6 heteroatoms. The molecule has 132 valence electrons. The van der Waals surface area contributed by atoms with Crippen molar-refractivity contribution in [1.82, 2.24) is 14.7 Å². The van der Waals surface area contributed by atoms with Gasteiger partial charge in [-0.05, 0) is 32.9 Å². The van der Waals surface area contributed by atoms with Gasteiger partial charge in [-0.1, -0.05) is 25.8 Å². The summed E-state index contributed by atoms with van der Waals surface area (Å²) in [6, 6.07) is 0.298. The van der Waals surface area contributed by atoms with E-state index in [9.17, 15) is 9.59 Å². The number of piperidine rings is 1. The van der Waals surface area contributed by atoms with Crippen LogP contribution in [0.5, 0.6) is 0 Å². The monoisotopic (exact) mass is 349 g/mol. The van der Waals surface area contributed by atoms with E-state index in [1.165, 1.54) is 0 Å². The predicted molar refractivity (Wildman–Crippen MR) is 98.5 cm³/mol. The largest absolute Gasteiger partial charge is 0.334 e. The van der Waals surface area contributed by atoms with E-state index in [-0.39, 0.29) is 23.9 Å². The van der Waals surface area contributed by atoms with Gasteiger partial charge < -0.3 is 9.80 Å². The third-order valence-electron chi connectivity index (χ3n) is 4.22. The van der Waals surface area contributed by atoms with Crippen LogP contribution in [-0.4, -0.2) is 78.1 Å². The highest BCUT2D eigenvalue weighted by Crippen LogP contribution is 2.34. The van der Waals surface area contributed by atoms with E-state index in [2.05, 4.69) is 11.8 Å². The molecule has 24 heavy (non-hydrogen) atoms. The quantitative estimate of drug-likeness (QED) is 0.707. The van der Waals surface area contributed by atoms with E-state index >= 15 is 0 Å². The molecule has 4 heterocycles. The number of fused-ring (bicyclic) bond motifs is 2. The smallest absolute Gasteiger partial charge is 0.299 e. The Morgan fingerprint density at radius 1 is 1.29 bits per heavy atom. The topological polar surface area (TPSA) is 43.9 Å². The zero-order valence-corrected chi connectivity index (χ0v) is 15.9. The van der Waals surface area contributed by atoms with Crippen molar-refractivity contribution in [1.29, 1.82) is 0 Å². The van der Waals surface area contributed by atoms with Crippen LogP contribution in [0.1, 0.15) is 26.7 Å². The summed E-state index contributed by atoms with van der Waals surface area (Å²) in [7, 11) is 3.85. The summed E-state index contributed by atoms with van der Waals surface area (Å²) in [4.78, 5) is 31.1. The summed E-state index contributed by atoms with van der Waals surface area (Å²) in [6.07, 6.45) is 4.01. The second kappa shape index (κ2) is 8.59. The molecule has 3 saturated heterocycles. The zero-order chi connectivity index (χ0) is 17.7. The molecule has 0 radical (unpaired) electrons. The van der Waals surface area contributed by atoms with E-state index in [4.69, 9.17) is 0 Å². The van der Waals surface area contributed by atoms with Crippen molar-refractivity contribution in [3.8, 4) is 11.8 Å². The summed E-state index contributed by atoms with van der Waals surface area (Å²) < 4.78 is 0. The first-order chi connectivity index (χ1) is 11.6. The number of allylic oxidation sites excluding steroid dienone is 1. The third-order valence-corrected chi connectivity index (χ3v) is 5.31. The van der Waals surface area contributed by atoms with Gasteiger partial charge in [0.25, 0.3) is 11.8 Å². The summed E-state index contributed by atoms with van der Waals surface area (Å²) >= 11 is 1.64. The van der Waals surface area contributed by atoms with Crippen LogP contribution in [0.25, 0.3) is 0 Å². The van der Waals surface area contributed by atoms with Gasteiger partial charge in [0.2, 0.25) is 0 Å². The number of rotatable bonds is 2. The van der Waals surface area contributed by atoms with Crippen LogP contribution in [0.15, 0.2) is 11.0 Å². The molecule has 2 bridgehead atoms. The molecule has 0 aromatic rings. The van der Waals surface area contributed by atoms with Gasteiger partial charge >= 0.3 is 0 Å². The van der Waals surface area contributed by atoms with Gasteiger partial charge in [0.05, 0.1) is 23.5 Å². The Bertz CT molecular complexity index is 565. The number of carbonyl (C=O) groups excluding carboxylic acids is 2. The normalized spacial score (nSPS) is 24.3. The fraction of sp³-hybridized carbons (Fsp3) is 0.667. The zero-order valence-electron chi connectivity index (χ0n) is 15.0. The molecular weight excluding hydrogens is 322 g/mol. The predicted octanol–water partition coefficient (Wildman–Crippen LogP) is 1.41. The van der Waals surface area contributed by atoms with E-state index < -0.39 is 0 Å². The van der Waals surface area contributed by atoms with Gasteiger partial charge in [-0.2, -0.15) is 0 Å². The van der Waals surface area contributed by atoms with E-state index in [0.29, 0.717) is 19.6 Å². The van der Waals surface area contributed by atoms with Crippen LogP contribution >= 0.6 is 11.8 Å². The molecule has 4 aliphatic heterocycles. The molecule has 0 saturated carbocycles. The highest BCUT2D eigenvalue weighted by molar-refractivity contribution is 8.04. The first-order valence-electron chi connectivity index (χ1n) is 8.64. The summed E-state index contributed by atoms with van der Waals surface area (Å²) in [6.45, 7) is 5.88. The first kappa shape index (κ1) is 18.9. The average molecular weight is 350 g/mol. The lowest BCUT2D eigenvalue weighted by Crippen LogP contribution is -2.70. The molecule has 2 atom stereocenters. The van der Waals surface area contributed by atoms with Crippen molar-refractivity contribution in [2.24, 2.45) is 0 Å².